The molecule has 2 fully saturated rings. The van der Waals surface area contributed by atoms with Gasteiger partial charge in [-0.2, -0.15) is 0 Å². The van der Waals surface area contributed by atoms with Crippen LogP contribution in [0, 0.1) is 11.8 Å². The third kappa shape index (κ3) is 26.3. The minimum Gasteiger partial charge on any atom is -0.490 e. The molecule has 4 rings (SSSR count). The van der Waals surface area contributed by atoms with Gasteiger partial charge in [0.15, 0.2) is 28.6 Å². The minimum atomic E-state index is -1.17. The fraction of sp³-hybridized carbons (Fsp3) is 0.654. The number of alkyl carbamates (subject to hydrolysis) is 2. The molecule has 23 heteroatoms. The number of carbonyl (C=O) groups is 6. The van der Waals surface area contributed by atoms with Crippen molar-refractivity contribution in [1.29, 1.82) is 0 Å². The predicted molar refractivity (Wildman–Crippen MR) is 276 cm³/mol. The smallest absolute Gasteiger partial charge is 0.413 e. The van der Waals surface area contributed by atoms with Gasteiger partial charge in [0.25, 0.3) is 0 Å². The van der Waals surface area contributed by atoms with Crippen LogP contribution in [0.15, 0.2) is 48.5 Å². The molecule has 2 aromatic rings. The third-order valence-corrected chi connectivity index (χ3v) is 10.0. The topological polar surface area (TPSA) is 255 Å². The molecule has 22 nitrogen and oxygen atoms in total. The van der Waals surface area contributed by atoms with Crippen molar-refractivity contribution in [2.24, 2.45) is 11.8 Å². The van der Waals surface area contributed by atoms with Crippen LogP contribution in [0.2, 0.25) is 0 Å². The Labute approximate surface area is 446 Å². The van der Waals surface area contributed by atoms with Crippen LogP contribution in [0.4, 0.5) is 19.2 Å². The molecule has 2 aliphatic rings. The van der Waals surface area contributed by atoms with Gasteiger partial charge in [-0.3, -0.25) is 0 Å². The first kappa shape index (κ1) is 65.0. The van der Waals surface area contributed by atoms with Gasteiger partial charge in [-0.1, -0.05) is 63.6 Å². The van der Waals surface area contributed by atoms with Crippen molar-refractivity contribution in [3.05, 3.63) is 48.5 Å². The third-order valence-electron chi connectivity index (χ3n) is 9.95. The van der Waals surface area contributed by atoms with E-state index in [-0.39, 0.29) is 37.2 Å². The second-order valence-corrected chi connectivity index (χ2v) is 20.3. The second kappa shape index (κ2) is 32.3. The summed E-state index contributed by atoms with van der Waals surface area (Å²) in [5, 5.41) is 13.6. The lowest BCUT2D eigenvalue weighted by Gasteiger charge is -2.33. The number of ether oxygens (including phenoxy) is 11. The van der Waals surface area contributed by atoms with E-state index in [2.05, 4.69) is 10.6 Å². The average molecular weight is 1090 g/mol. The van der Waals surface area contributed by atoms with Gasteiger partial charge < -0.3 is 77.6 Å². The number of esters is 1. The Hall–Kier alpha value is -6.13. The first-order valence-electron chi connectivity index (χ1n) is 25.0. The summed E-state index contributed by atoms with van der Waals surface area (Å²) in [6, 6.07) is 12.9. The largest absolute Gasteiger partial charge is 0.490 e. The van der Waals surface area contributed by atoms with E-state index >= 15 is 0 Å². The summed E-state index contributed by atoms with van der Waals surface area (Å²) in [6.07, 6.45) is -4.30. The molecule has 2 heterocycles. The highest BCUT2D eigenvalue weighted by Crippen LogP contribution is 2.28. The van der Waals surface area contributed by atoms with Crippen LogP contribution in [0.5, 0.6) is 23.0 Å². The Morgan fingerprint density at radius 3 is 1.33 bits per heavy atom. The number of amides is 4. The molecule has 0 bridgehead atoms. The second-order valence-electron chi connectivity index (χ2n) is 19.6. The molecule has 2 aromatic carbocycles. The van der Waals surface area contributed by atoms with Crippen LogP contribution in [0.3, 0.4) is 0 Å². The Bertz CT molecular complexity index is 2080. The summed E-state index contributed by atoms with van der Waals surface area (Å²) >= 11 is 5.68. The van der Waals surface area contributed by atoms with Crippen LogP contribution in [-0.4, -0.2) is 164 Å². The van der Waals surface area contributed by atoms with Gasteiger partial charge in [0.05, 0.1) is 39.5 Å². The monoisotopic (exact) mass is 1080 g/mol. The Balaban J connectivity index is 0.000000429. The van der Waals surface area contributed by atoms with Crippen LogP contribution in [-0.2, 0) is 42.7 Å². The Kier molecular flexibility index (Phi) is 28.0. The van der Waals surface area contributed by atoms with Gasteiger partial charge in [-0.05, 0) is 98.4 Å². The summed E-state index contributed by atoms with van der Waals surface area (Å²) in [5.41, 5.74) is -1.99. The molecule has 0 saturated carbocycles. The summed E-state index contributed by atoms with van der Waals surface area (Å²) in [4.78, 5) is 74.4. The fourth-order valence-corrected chi connectivity index (χ4v) is 6.67. The molecule has 3 N–H and O–H groups in total. The number of halogens is 1. The summed E-state index contributed by atoms with van der Waals surface area (Å²) in [6.45, 7) is 27.9. The number of para-hydroxylation sites is 4. The zero-order valence-corrected chi connectivity index (χ0v) is 46.7. The maximum atomic E-state index is 12.7. The molecule has 2 aliphatic heterocycles. The van der Waals surface area contributed by atoms with Crippen LogP contribution < -0.4 is 29.6 Å². The highest BCUT2D eigenvalue weighted by Gasteiger charge is 2.33. The van der Waals surface area contributed by atoms with E-state index in [0.29, 0.717) is 75.7 Å². The first-order chi connectivity index (χ1) is 35.1. The van der Waals surface area contributed by atoms with Crippen molar-refractivity contribution >= 4 is 47.9 Å². The molecular weight excluding hydrogens is 1000 g/mol. The Morgan fingerprint density at radius 2 is 0.987 bits per heavy atom. The molecule has 75 heavy (non-hydrogen) atoms. The lowest BCUT2D eigenvalue weighted by molar-refractivity contribution is -0.170. The van der Waals surface area contributed by atoms with E-state index < -0.39 is 71.5 Å². The van der Waals surface area contributed by atoms with Crippen LogP contribution in [0.1, 0.15) is 96.9 Å². The normalized spacial score (nSPS) is 17.1. The standard InChI is InChI=1S/C26H40N2O9.C16H22ClNO5.C10H19NO4/c1-8-32-20-11-9-10-12-21(20)34-16-19-15-28(13-14-33-19)25(31)36-18(4)35-23(29)22(17(2)3)27-24(30)37-26(5,6)7;1-3-20-14-6-4-5-7-15(14)22-11-13-10-18(8-9-21-13)16(19)23-12(2)17;1-6(2)7(8(12)13)11-9(14)15-10(3,4)5/h9-12,17-19,22H,8,13-16H2,1-7H3,(H,27,30);4-7,12-13H,3,8-11H2,1-2H3;6-7H,1-5H3,(H,11,14)(H,12,13)/t18?,19?,22-;;7-/m0.0/s1. The number of nitrogens with one attached hydrogen (secondary N) is 2. The van der Waals surface area contributed by atoms with E-state index in [4.69, 9.17) is 68.8 Å². The average Bonchev–Trinajstić information content (AvgIpc) is 3.31. The predicted octanol–water partition coefficient (Wildman–Crippen LogP) is 8.25. The highest BCUT2D eigenvalue weighted by atomic mass is 35.5. The number of rotatable bonds is 19. The van der Waals surface area contributed by atoms with Gasteiger partial charge in [-0.25, -0.2) is 28.8 Å². The van der Waals surface area contributed by atoms with Crippen LogP contribution >= 0.6 is 11.6 Å². The fourth-order valence-electron chi connectivity index (χ4n) is 6.60. The number of morpholine rings is 2. The molecular formula is C52H81ClN4O18. The van der Waals surface area contributed by atoms with E-state index in [1.54, 1.807) is 87.1 Å². The zero-order chi connectivity index (χ0) is 56.5. The van der Waals surface area contributed by atoms with Crippen molar-refractivity contribution < 1.29 is 86.0 Å². The molecule has 4 unspecified atom stereocenters. The van der Waals surface area contributed by atoms with E-state index in [1.807, 2.05) is 56.3 Å². The lowest BCUT2D eigenvalue weighted by Crippen LogP contribution is -2.50. The number of hydrogen-bond acceptors (Lipinski definition) is 17. The lowest BCUT2D eigenvalue weighted by atomic mass is 10.1. The maximum Gasteiger partial charge on any atom is 0.413 e. The maximum absolute atomic E-state index is 12.7. The highest BCUT2D eigenvalue weighted by molar-refractivity contribution is 6.19. The molecule has 0 spiro atoms. The quantitative estimate of drug-likeness (QED) is 0.0518. The van der Waals surface area contributed by atoms with Crippen molar-refractivity contribution in [1.82, 2.24) is 20.4 Å². The number of carboxylic acid groups (broad SMARTS) is 1. The van der Waals surface area contributed by atoms with Gasteiger partial charge in [0.2, 0.25) is 6.29 Å². The molecule has 4 amide bonds. The number of carbonyl (C=O) groups excluding carboxylic acids is 5. The summed E-state index contributed by atoms with van der Waals surface area (Å²) in [5.74, 6) is 0.315. The van der Waals surface area contributed by atoms with E-state index in [9.17, 15) is 28.8 Å². The SMILES string of the molecule is CC(C)[C@H](NC(=O)OC(C)(C)C)C(=O)O.CCOc1ccccc1OCC1CN(C(=O)OC(C)Cl)CCO1.CCOc1ccccc1OCC1CN(C(=O)OC(C)OC(=O)[C@@H](NC(=O)OC(C)(C)C)C(C)C)CCO1. The van der Waals surface area contributed by atoms with Gasteiger partial charge in [0.1, 0.15) is 48.7 Å². The number of nitrogens with zero attached hydrogens (tertiary/aromatic N) is 2. The van der Waals surface area contributed by atoms with Crippen molar-refractivity contribution in [2.75, 3.05) is 65.8 Å². The molecule has 0 radical (unpaired) electrons. The molecule has 0 aromatic heterocycles. The first-order valence-corrected chi connectivity index (χ1v) is 25.5. The van der Waals surface area contributed by atoms with Gasteiger partial charge >= 0.3 is 36.3 Å². The number of alkyl halides is 1. The summed E-state index contributed by atoms with van der Waals surface area (Å²) < 4.78 is 59.8. The van der Waals surface area contributed by atoms with E-state index in [0.717, 1.165) is 0 Å². The number of carboxylic acids is 1. The Morgan fingerprint density at radius 1 is 0.613 bits per heavy atom. The number of aliphatic carboxylic acids is 1. The number of benzene rings is 2. The molecule has 2 saturated heterocycles. The molecule has 6 atom stereocenters. The molecule has 0 aliphatic carbocycles. The number of hydrogen-bond donors (Lipinski definition) is 3. The summed E-state index contributed by atoms with van der Waals surface area (Å²) in [7, 11) is 0. The van der Waals surface area contributed by atoms with Crippen molar-refractivity contribution in [3.63, 3.8) is 0 Å². The molecule has 424 valence electrons. The van der Waals surface area contributed by atoms with Crippen molar-refractivity contribution in [2.45, 2.75) is 144 Å². The van der Waals surface area contributed by atoms with Crippen molar-refractivity contribution in [3.8, 4) is 23.0 Å². The van der Waals surface area contributed by atoms with Crippen LogP contribution in [0.25, 0.3) is 0 Å². The van der Waals surface area contributed by atoms with Gasteiger partial charge in [0, 0.05) is 20.0 Å². The van der Waals surface area contributed by atoms with Gasteiger partial charge in [-0.15, -0.1) is 0 Å². The zero-order valence-electron chi connectivity index (χ0n) is 46.0. The minimum absolute atomic E-state index is 0.185. The van der Waals surface area contributed by atoms with E-state index in [1.165, 1.54) is 11.8 Å².